The molecule has 0 aromatic rings. The number of hydrogen-bond acceptors (Lipinski definition) is 5. The van der Waals surface area contributed by atoms with Gasteiger partial charge in [-0.15, -0.1) is 0 Å². The van der Waals surface area contributed by atoms with Crippen LogP contribution >= 0.6 is 0 Å². The summed E-state index contributed by atoms with van der Waals surface area (Å²) < 4.78 is 27.4. The number of ether oxygens (including phenoxy) is 1. The Morgan fingerprint density at radius 1 is 1.19 bits per heavy atom. The predicted octanol–water partition coefficient (Wildman–Crippen LogP) is 0.394. The minimum Gasteiger partial charge on any atom is -0.379 e. The van der Waals surface area contributed by atoms with Crippen LogP contribution in [0.25, 0.3) is 0 Å². The summed E-state index contributed by atoms with van der Waals surface area (Å²) in [6.07, 6.45) is 7.80. The molecule has 27 heavy (non-hydrogen) atoms. The topological polar surface area (TPSA) is 100 Å². The fraction of sp³-hybridized carbons (Fsp3) is 0.889. The molecule has 1 heterocycles. The van der Waals surface area contributed by atoms with Crippen LogP contribution in [-0.4, -0.2) is 83.1 Å². The first-order chi connectivity index (χ1) is 12.9. The average molecular weight is 403 g/mol. The number of aliphatic imine (C=N–C) groups is 1. The zero-order chi connectivity index (χ0) is 19.7. The molecule has 8 nitrogen and oxygen atoms in total. The Morgan fingerprint density at radius 2 is 1.93 bits per heavy atom. The minimum atomic E-state index is -2.98. The SMILES string of the molecule is CN=C(NCCOCCS(C)(=O)=O)NC1CCN(C(=O)C2CCCCC2)C1. The summed E-state index contributed by atoms with van der Waals surface area (Å²) in [7, 11) is -1.27. The van der Waals surface area contributed by atoms with E-state index in [0.717, 1.165) is 32.4 Å². The summed E-state index contributed by atoms with van der Waals surface area (Å²) in [6.45, 7) is 2.68. The maximum absolute atomic E-state index is 12.6. The van der Waals surface area contributed by atoms with Crippen LogP contribution in [0.5, 0.6) is 0 Å². The third-order valence-electron chi connectivity index (χ3n) is 5.16. The van der Waals surface area contributed by atoms with Crippen molar-refractivity contribution in [3.63, 3.8) is 0 Å². The van der Waals surface area contributed by atoms with Gasteiger partial charge in [-0.1, -0.05) is 19.3 Å². The molecule has 2 fully saturated rings. The van der Waals surface area contributed by atoms with E-state index in [-0.39, 0.29) is 24.3 Å². The first-order valence-electron chi connectivity index (χ1n) is 9.90. The van der Waals surface area contributed by atoms with Crippen LogP contribution in [0.1, 0.15) is 38.5 Å². The first-order valence-corrected chi connectivity index (χ1v) is 12.0. The van der Waals surface area contributed by atoms with Gasteiger partial charge in [0.1, 0.15) is 9.84 Å². The Morgan fingerprint density at radius 3 is 2.59 bits per heavy atom. The number of carbonyl (C=O) groups excluding carboxylic acids is 1. The summed E-state index contributed by atoms with van der Waals surface area (Å²) in [6, 6.07) is 0.204. The van der Waals surface area contributed by atoms with Gasteiger partial charge >= 0.3 is 0 Å². The Labute approximate surface area is 163 Å². The van der Waals surface area contributed by atoms with Crippen molar-refractivity contribution in [2.45, 2.75) is 44.6 Å². The normalized spacial score (nSPS) is 22.1. The molecule has 0 bridgehead atoms. The van der Waals surface area contributed by atoms with Crippen LogP contribution < -0.4 is 10.6 Å². The van der Waals surface area contributed by atoms with Crippen LogP contribution in [0.4, 0.5) is 0 Å². The van der Waals surface area contributed by atoms with Crippen molar-refractivity contribution in [2.75, 3.05) is 51.9 Å². The molecule has 1 aliphatic carbocycles. The van der Waals surface area contributed by atoms with Crippen molar-refractivity contribution in [1.82, 2.24) is 15.5 Å². The molecular formula is C18H34N4O4S. The molecular weight excluding hydrogens is 368 g/mol. The quantitative estimate of drug-likeness (QED) is 0.346. The molecule has 9 heteroatoms. The standard InChI is InChI=1S/C18H34N4O4S/c1-19-18(20-9-11-26-12-13-27(2,24)25)21-16-8-10-22(14-16)17(23)15-6-4-3-5-7-15/h15-16H,3-14H2,1-2H3,(H2,19,20,21). The van der Waals surface area contributed by atoms with Crippen molar-refractivity contribution < 1.29 is 17.9 Å². The van der Waals surface area contributed by atoms with Crippen molar-refractivity contribution in [1.29, 1.82) is 0 Å². The number of amides is 1. The number of hydrogen-bond donors (Lipinski definition) is 2. The van der Waals surface area contributed by atoms with E-state index in [1.54, 1.807) is 7.05 Å². The van der Waals surface area contributed by atoms with Crippen molar-refractivity contribution in [3.8, 4) is 0 Å². The maximum atomic E-state index is 12.6. The van der Waals surface area contributed by atoms with Gasteiger partial charge in [0.15, 0.2) is 5.96 Å². The molecule has 1 amide bonds. The number of nitrogens with one attached hydrogen (secondary N) is 2. The first kappa shape index (κ1) is 21.9. The minimum absolute atomic E-state index is 0.0346. The predicted molar refractivity (Wildman–Crippen MR) is 107 cm³/mol. The van der Waals surface area contributed by atoms with Gasteiger partial charge in [-0.25, -0.2) is 8.42 Å². The van der Waals surface area contributed by atoms with E-state index in [2.05, 4.69) is 15.6 Å². The molecule has 1 saturated carbocycles. The van der Waals surface area contributed by atoms with Gasteiger partial charge in [0.25, 0.3) is 0 Å². The number of carbonyl (C=O) groups is 1. The fourth-order valence-corrected chi connectivity index (χ4v) is 4.05. The van der Waals surface area contributed by atoms with Gasteiger partial charge in [0.2, 0.25) is 5.91 Å². The highest BCUT2D eigenvalue weighted by molar-refractivity contribution is 7.90. The van der Waals surface area contributed by atoms with E-state index in [1.807, 2.05) is 4.90 Å². The molecule has 156 valence electrons. The van der Waals surface area contributed by atoms with Crippen LogP contribution in [-0.2, 0) is 19.4 Å². The third kappa shape index (κ3) is 8.04. The zero-order valence-electron chi connectivity index (χ0n) is 16.6. The lowest BCUT2D eigenvalue weighted by atomic mass is 9.88. The second-order valence-corrected chi connectivity index (χ2v) is 9.75. The monoisotopic (exact) mass is 402 g/mol. The van der Waals surface area contributed by atoms with Gasteiger partial charge in [-0.3, -0.25) is 9.79 Å². The van der Waals surface area contributed by atoms with E-state index >= 15 is 0 Å². The molecule has 1 atom stereocenters. The molecule has 1 unspecified atom stereocenters. The van der Waals surface area contributed by atoms with Gasteiger partial charge in [0, 0.05) is 44.9 Å². The summed E-state index contributed by atoms with van der Waals surface area (Å²) in [5, 5.41) is 6.52. The molecule has 2 rings (SSSR count). The summed E-state index contributed by atoms with van der Waals surface area (Å²) >= 11 is 0. The Balaban J connectivity index is 1.64. The van der Waals surface area contributed by atoms with Crippen molar-refractivity contribution >= 4 is 21.7 Å². The molecule has 0 aromatic heterocycles. The lowest BCUT2D eigenvalue weighted by molar-refractivity contribution is -0.135. The summed E-state index contributed by atoms with van der Waals surface area (Å²) in [4.78, 5) is 18.8. The van der Waals surface area contributed by atoms with E-state index in [9.17, 15) is 13.2 Å². The number of likely N-dealkylation sites (tertiary alicyclic amines) is 1. The van der Waals surface area contributed by atoms with Gasteiger partial charge in [0.05, 0.1) is 19.0 Å². The van der Waals surface area contributed by atoms with Gasteiger partial charge in [-0.2, -0.15) is 0 Å². The van der Waals surface area contributed by atoms with E-state index < -0.39 is 9.84 Å². The molecule has 2 N–H and O–H groups in total. The van der Waals surface area contributed by atoms with Crippen LogP contribution in [0, 0.1) is 5.92 Å². The zero-order valence-corrected chi connectivity index (χ0v) is 17.4. The number of sulfone groups is 1. The number of rotatable bonds is 8. The lowest BCUT2D eigenvalue weighted by Gasteiger charge is -2.26. The van der Waals surface area contributed by atoms with Crippen molar-refractivity contribution in [3.05, 3.63) is 0 Å². The second kappa shape index (κ2) is 10.8. The Kier molecular flexibility index (Phi) is 8.82. The summed E-state index contributed by atoms with van der Waals surface area (Å²) in [5.41, 5.74) is 0. The largest absolute Gasteiger partial charge is 0.379 e. The molecule has 2 aliphatic rings. The Hall–Kier alpha value is -1.35. The second-order valence-electron chi connectivity index (χ2n) is 7.49. The smallest absolute Gasteiger partial charge is 0.225 e. The molecule has 1 saturated heterocycles. The molecule has 1 aliphatic heterocycles. The highest BCUT2D eigenvalue weighted by Gasteiger charge is 2.31. The van der Waals surface area contributed by atoms with Crippen LogP contribution in [0.2, 0.25) is 0 Å². The maximum Gasteiger partial charge on any atom is 0.225 e. The Bertz CT molecular complexity index is 602. The molecule has 0 radical (unpaired) electrons. The average Bonchev–Trinajstić information content (AvgIpc) is 3.11. The number of nitrogens with zero attached hydrogens (tertiary/aromatic N) is 2. The highest BCUT2D eigenvalue weighted by atomic mass is 32.2. The molecule has 0 aromatic carbocycles. The van der Waals surface area contributed by atoms with E-state index in [4.69, 9.17) is 4.74 Å². The van der Waals surface area contributed by atoms with Crippen molar-refractivity contribution in [2.24, 2.45) is 10.9 Å². The van der Waals surface area contributed by atoms with Crippen LogP contribution in [0.3, 0.4) is 0 Å². The van der Waals surface area contributed by atoms with Crippen LogP contribution in [0.15, 0.2) is 4.99 Å². The summed E-state index contributed by atoms with van der Waals surface area (Å²) in [5.74, 6) is 1.26. The van der Waals surface area contributed by atoms with E-state index in [0.29, 0.717) is 25.0 Å². The van der Waals surface area contributed by atoms with Gasteiger partial charge in [-0.05, 0) is 19.3 Å². The lowest BCUT2D eigenvalue weighted by Crippen LogP contribution is -2.46. The van der Waals surface area contributed by atoms with E-state index in [1.165, 1.54) is 25.5 Å². The highest BCUT2D eigenvalue weighted by Crippen LogP contribution is 2.26. The third-order valence-corrected chi connectivity index (χ3v) is 6.06. The van der Waals surface area contributed by atoms with Gasteiger partial charge < -0.3 is 20.3 Å². The molecule has 0 spiro atoms. The number of guanidine groups is 1. The fourth-order valence-electron chi connectivity index (χ4n) is 3.63.